The molecule has 0 N–H and O–H groups in total. The second-order valence-electron chi connectivity index (χ2n) is 11.1. The second-order valence-corrected chi connectivity index (χ2v) is 14.3. The second kappa shape index (κ2) is 12.9. The summed E-state index contributed by atoms with van der Waals surface area (Å²) in [6.07, 6.45) is 2.29. The molecule has 2 aromatic carbocycles. The van der Waals surface area contributed by atoms with Gasteiger partial charge < -0.3 is 0 Å². The molecule has 0 aliphatic carbocycles. The van der Waals surface area contributed by atoms with E-state index < -0.39 is 15.9 Å². The number of anilines is 1. The Morgan fingerprint density at radius 2 is 1.11 bits per heavy atom. The molecule has 0 atom stereocenters. The fraction of sp³-hybridized carbons (Fsp3) is 0.516. The normalized spacial score (nSPS) is 13.2. The molecule has 0 unspecified atom stereocenters. The predicted molar refractivity (Wildman–Crippen MR) is 158 cm³/mol. The first-order chi connectivity index (χ1) is 16.3. The van der Waals surface area contributed by atoms with Crippen LogP contribution in [-0.2, 0) is 0 Å². The third kappa shape index (κ3) is 7.57. The number of rotatable bonds is 10. The van der Waals surface area contributed by atoms with E-state index in [1.807, 2.05) is 0 Å². The fourth-order valence-electron chi connectivity index (χ4n) is 4.49. The van der Waals surface area contributed by atoms with Crippen LogP contribution >= 0.6 is 0 Å². The van der Waals surface area contributed by atoms with Crippen LogP contribution in [0.3, 0.4) is 0 Å². The SMILES string of the molecule is CC(/C=C(/C)[N]([Ge][N](C)C)c1c(C(C)C)cccc1C(C)C)=Nc1c(C(C)C)cccc1C(C)C. The molecule has 0 bridgehead atoms. The molecule has 0 aliphatic heterocycles. The Morgan fingerprint density at radius 1 is 0.714 bits per heavy atom. The van der Waals surface area contributed by atoms with Crippen molar-refractivity contribution < 1.29 is 0 Å². The van der Waals surface area contributed by atoms with Gasteiger partial charge in [0.15, 0.2) is 0 Å². The molecule has 0 aliphatic rings. The van der Waals surface area contributed by atoms with Gasteiger partial charge in [0.2, 0.25) is 0 Å². The van der Waals surface area contributed by atoms with Gasteiger partial charge in [-0.25, -0.2) is 0 Å². The summed E-state index contributed by atoms with van der Waals surface area (Å²) in [5.74, 6) is 1.81. The van der Waals surface area contributed by atoms with E-state index in [0.717, 1.165) is 11.4 Å². The summed E-state index contributed by atoms with van der Waals surface area (Å²) in [7, 11) is 4.39. The number of benzene rings is 2. The molecule has 4 heteroatoms. The third-order valence-electron chi connectivity index (χ3n) is 6.27. The van der Waals surface area contributed by atoms with Crippen molar-refractivity contribution in [3.63, 3.8) is 0 Å². The van der Waals surface area contributed by atoms with Crippen molar-refractivity contribution in [3.05, 3.63) is 70.4 Å². The van der Waals surface area contributed by atoms with Crippen molar-refractivity contribution in [3.8, 4) is 0 Å². The maximum absolute atomic E-state index is 5.23. The van der Waals surface area contributed by atoms with E-state index in [4.69, 9.17) is 4.99 Å². The van der Waals surface area contributed by atoms with Crippen molar-refractivity contribution in [2.45, 2.75) is 92.9 Å². The van der Waals surface area contributed by atoms with Crippen LogP contribution in [-0.4, -0.2) is 39.5 Å². The summed E-state index contributed by atoms with van der Waals surface area (Å²) in [6.45, 7) is 22.7. The Balaban J connectivity index is 2.68. The molecular formula is C31H47GeN3. The van der Waals surface area contributed by atoms with E-state index in [2.05, 4.69) is 134 Å². The molecule has 0 spiro atoms. The topological polar surface area (TPSA) is 18.8 Å². The van der Waals surface area contributed by atoms with Gasteiger partial charge in [-0.1, -0.05) is 0 Å². The zero-order chi connectivity index (χ0) is 26.4. The molecule has 0 saturated heterocycles. The summed E-state index contributed by atoms with van der Waals surface area (Å²) in [5.41, 5.74) is 10.4. The molecule has 0 fully saturated rings. The van der Waals surface area contributed by atoms with Crippen LogP contribution in [0, 0.1) is 0 Å². The summed E-state index contributed by atoms with van der Waals surface area (Å²) >= 11 is -0.552. The van der Waals surface area contributed by atoms with Gasteiger partial charge in [0.05, 0.1) is 0 Å². The molecular weight excluding hydrogens is 487 g/mol. The van der Waals surface area contributed by atoms with E-state index in [0.29, 0.717) is 23.7 Å². The summed E-state index contributed by atoms with van der Waals surface area (Å²) in [4.78, 5) is 5.23. The molecule has 35 heavy (non-hydrogen) atoms. The molecule has 2 aromatic rings. The van der Waals surface area contributed by atoms with Gasteiger partial charge in [0.25, 0.3) is 0 Å². The molecule has 2 rings (SSSR count). The van der Waals surface area contributed by atoms with Gasteiger partial charge in [-0.05, 0) is 0 Å². The van der Waals surface area contributed by atoms with Crippen LogP contribution in [0.5, 0.6) is 0 Å². The van der Waals surface area contributed by atoms with E-state index >= 15 is 0 Å². The van der Waals surface area contributed by atoms with Crippen LogP contribution < -0.4 is 3.86 Å². The minimum atomic E-state index is -0.552. The number of allylic oxidation sites excluding steroid dienone is 2. The fourth-order valence-corrected chi connectivity index (χ4v) is 6.55. The third-order valence-corrected chi connectivity index (χ3v) is 8.74. The van der Waals surface area contributed by atoms with Gasteiger partial charge in [-0.2, -0.15) is 0 Å². The van der Waals surface area contributed by atoms with Crippen LogP contribution in [0.4, 0.5) is 11.4 Å². The number of aliphatic imine (C=N–C) groups is 1. The van der Waals surface area contributed by atoms with Crippen LogP contribution in [0.2, 0.25) is 0 Å². The van der Waals surface area contributed by atoms with Crippen LogP contribution in [0.1, 0.15) is 115 Å². The zero-order valence-corrected chi connectivity index (χ0v) is 26.3. The van der Waals surface area contributed by atoms with E-state index in [-0.39, 0.29) is 0 Å². The van der Waals surface area contributed by atoms with Crippen LogP contribution in [0.25, 0.3) is 0 Å². The van der Waals surface area contributed by atoms with Crippen molar-refractivity contribution in [1.82, 2.24) is 3.86 Å². The quantitative estimate of drug-likeness (QED) is 0.224. The van der Waals surface area contributed by atoms with E-state index in [1.54, 1.807) is 0 Å². The molecule has 0 heterocycles. The Hall–Kier alpha value is -1.85. The summed E-state index contributed by atoms with van der Waals surface area (Å²) in [6, 6.07) is 13.5. The summed E-state index contributed by atoms with van der Waals surface area (Å²) in [5, 5.41) is 0. The predicted octanol–water partition coefficient (Wildman–Crippen LogP) is 8.78. The van der Waals surface area contributed by atoms with Crippen molar-refractivity contribution in [2.24, 2.45) is 4.99 Å². The summed E-state index contributed by atoms with van der Waals surface area (Å²) < 4.78 is 4.97. The van der Waals surface area contributed by atoms with E-state index in [1.165, 1.54) is 33.6 Å². The monoisotopic (exact) mass is 535 g/mol. The first-order valence-electron chi connectivity index (χ1n) is 13.1. The average Bonchev–Trinajstić information content (AvgIpc) is 2.76. The maximum atomic E-state index is 5.23. The van der Waals surface area contributed by atoms with E-state index in [9.17, 15) is 0 Å². The Kier molecular flexibility index (Phi) is 10.8. The Morgan fingerprint density at radius 3 is 1.49 bits per heavy atom. The molecule has 0 aromatic heterocycles. The molecule has 3 nitrogen and oxygen atoms in total. The van der Waals surface area contributed by atoms with Gasteiger partial charge in [-0.15, -0.1) is 0 Å². The number of hydrogen-bond acceptors (Lipinski definition) is 3. The first-order valence-corrected chi connectivity index (χ1v) is 15.0. The Labute approximate surface area is 222 Å². The van der Waals surface area contributed by atoms with Crippen molar-refractivity contribution in [2.75, 3.05) is 18.0 Å². The average molecular weight is 534 g/mol. The van der Waals surface area contributed by atoms with Crippen molar-refractivity contribution >= 4 is 33.0 Å². The Bertz CT molecular complexity index is 993. The van der Waals surface area contributed by atoms with Gasteiger partial charge in [-0.3, -0.25) is 0 Å². The standard InChI is InChI=1S/C31H47GeN3/c1-20(2)26-15-13-16-27(21(3)4)30(26)33-24(9)19-25(10)35(32-34(11)12)31-28(22(5)6)17-14-18-29(31)23(7)8/h13-23H,1-12H3/b25-19-,33-24?. The van der Waals surface area contributed by atoms with Crippen LogP contribution in [0.15, 0.2) is 53.2 Å². The number of para-hydroxylation sites is 2. The first kappa shape index (κ1) is 29.4. The number of hydrogen-bond donors (Lipinski definition) is 0. The minimum absolute atomic E-state index is 0.439. The van der Waals surface area contributed by atoms with Gasteiger partial charge in [0.1, 0.15) is 0 Å². The molecule has 0 amide bonds. The molecule has 190 valence electrons. The molecule has 2 radical (unpaired) electrons. The number of nitrogens with zero attached hydrogens (tertiary/aromatic N) is 3. The van der Waals surface area contributed by atoms with Crippen molar-refractivity contribution in [1.29, 1.82) is 0 Å². The van der Waals surface area contributed by atoms with Gasteiger partial charge >= 0.3 is 223 Å². The molecule has 0 saturated carbocycles. The van der Waals surface area contributed by atoms with Gasteiger partial charge in [0, 0.05) is 0 Å². The zero-order valence-electron chi connectivity index (χ0n) is 24.2.